The Labute approximate surface area is 158 Å². The number of aromatic nitrogens is 1. The van der Waals surface area contributed by atoms with Crippen LogP contribution < -0.4 is 5.73 Å². The van der Waals surface area contributed by atoms with Crippen LogP contribution in [0.25, 0.3) is 11.1 Å². The number of aliphatic imine (C=N–C) groups is 1. The van der Waals surface area contributed by atoms with Gasteiger partial charge in [0.1, 0.15) is 5.82 Å². The highest BCUT2D eigenvalue weighted by molar-refractivity contribution is 5.79. The van der Waals surface area contributed by atoms with Crippen molar-refractivity contribution in [1.82, 2.24) is 10.1 Å². The van der Waals surface area contributed by atoms with Gasteiger partial charge in [0.2, 0.25) is 0 Å². The predicted molar refractivity (Wildman–Crippen MR) is 105 cm³/mol. The summed E-state index contributed by atoms with van der Waals surface area (Å²) in [5, 5.41) is 4.16. The lowest BCUT2D eigenvalue weighted by Crippen LogP contribution is -2.29. The minimum absolute atomic E-state index is 0.234. The summed E-state index contributed by atoms with van der Waals surface area (Å²) in [5.74, 6) is 0.457. The molecular formula is C21H23FN4O. The minimum Gasteiger partial charge on any atom is -0.369 e. The van der Waals surface area contributed by atoms with Crippen molar-refractivity contribution in [3.63, 3.8) is 0 Å². The molecular weight excluding hydrogens is 343 g/mol. The van der Waals surface area contributed by atoms with Gasteiger partial charge in [0.05, 0.1) is 5.69 Å². The number of guanidine groups is 1. The second-order valence-corrected chi connectivity index (χ2v) is 7.10. The van der Waals surface area contributed by atoms with Crippen molar-refractivity contribution in [2.75, 3.05) is 14.1 Å². The zero-order valence-corrected chi connectivity index (χ0v) is 15.9. The molecule has 3 rings (SSSR count). The molecule has 0 amide bonds. The molecule has 3 aromatic rings. The summed E-state index contributed by atoms with van der Waals surface area (Å²) in [4.78, 5) is 5.89. The van der Waals surface area contributed by atoms with Crippen LogP contribution in [0.1, 0.15) is 25.1 Å². The zero-order chi connectivity index (χ0) is 19.6. The highest BCUT2D eigenvalue weighted by Gasteiger charge is 2.27. The van der Waals surface area contributed by atoms with Crippen LogP contribution in [0.3, 0.4) is 0 Å². The van der Waals surface area contributed by atoms with Crippen molar-refractivity contribution >= 4 is 11.8 Å². The Morgan fingerprint density at radius 2 is 1.78 bits per heavy atom. The highest BCUT2D eigenvalue weighted by atomic mass is 19.1. The zero-order valence-electron chi connectivity index (χ0n) is 15.9. The van der Waals surface area contributed by atoms with E-state index in [9.17, 15) is 4.39 Å². The summed E-state index contributed by atoms with van der Waals surface area (Å²) in [7, 11) is 3.61. The van der Waals surface area contributed by atoms with Gasteiger partial charge in [-0.3, -0.25) is 0 Å². The lowest BCUT2D eigenvalue weighted by molar-refractivity contribution is 0.406. The predicted octanol–water partition coefficient (Wildman–Crippen LogP) is 4.31. The molecule has 0 saturated carbocycles. The normalized spacial score (nSPS) is 12.3. The van der Waals surface area contributed by atoms with Crippen LogP contribution in [0, 0.1) is 5.82 Å². The van der Waals surface area contributed by atoms with Gasteiger partial charge in [-0.2, -0.15) is 4.99 Å². The number of rotatable bonds is 4. The molecule has 0 fully saturated rings. The fourth-order valence-corrected chi connectivity index (χ4v) is 2.74. The maximum Gasteiger partial charge on any atom is 0.253 e. The van der Waals surface area contributed by atoms with E-state index < -0.39 is 5.41 Å². The fraction of sp³-hybridized carbons (Fsp3) is 0.238. The molecule has 1 aromatic heterocycles. The van der Waals surface area contributed by atoms with E-state index in [0.29, 0.717) is 17.4 Å². The molecule has 6 heteroatoms. The Hall–Kier alpha value is -3.15. The lowest BCUT2D eigenvalue weighted by atomic mass is 9.81. The molecule has 2 N–H and O–H groups in total. The van der Waals surface area contributed by atoms with Gasteiger partial charge < -0.3 is 15.2 Å². The first-order valence-corrected chi connectivity index (χ1v) is 8.63. The van der Waals surface area contributed by atoms with Crippen LogP contribution in [0.15, 0.2) is 64.1 Å². The quantitative estimate of drug-likeness (QED) is 0.552. The average Bonchev–Trinajstić information content (AvgIpc) is 3.11. The first-order chi connectivity index (χ1) is 12.8. The van der Waals surface area contributed by atoms with Crippen molar-refractivity contribution in [2.45, 2.75) is 19.3 Å². The second-order valence-electron chi connectivity index (χ2n) is 7.10. The van der Waals surface area contributed by atoms with Gasteiger partial charge in [0, 0.05) is 31.1 Å². The Morgan fingerprint density at radius 1 is 1.11 bits per heavy atom. The van der Waals surface area contributed by atoms with Crippen LogP contribution in [0.4, 0.5) is 10.3 Å². The molecule has 1 heterocycles. The van der Waals surface area contributed by atoms with Gasteiger partial charge >= 0.3 is 0 Å². The Balaban J connectivity index is 1.88. The van der Waals surface area contributed by atoms with E-state index >= 15 is 0 Å². The van der Waals surface area contributed by atoms with Gasteiger partial charge in [-0.25, -0.2) is 4.39 Å². The standard InChI is InChI=1S/C21H23FN4O/c1-21(2,18-13-19(27-25-18)24-20(23)26(3)4)15-11-9-14(10-12-15)16-7-5-6-8-17(16)22/h5-13H,1-4H3,(H2,23,24). The van der Waals surface area contributed by atoms with Crippen LogP contribution in [0.2, 0.25) is 0 Å². The average molecular weight is 366 g/mol. The van der Waals surface area contributed by atoms with E-state index in [1.54, 1.807) is 37.2 Å². The van der Waals surface area contributed by atoms with Crippen molar-refractivity contribution in [1.29, 1.82) is 0 Å². The minimum atomic E-state index is -0.405. The molecule has 0 radical (unpaired) electrons. The highest BCUT2D eigenvalue weighted by Crippen LogP contribution is 2.34. The van der Waals surface area contributed by atoms with Crippen LogP contribution >= 0.6 is 0 Å². The van der Waals surface area contributed by atoms with Crippen LogP contribution in [-0.2, 0) is 5.41 Å². The summed E-state index contributed by atoms with van der Waals surface area (Å²) >= 11 is 0. The van der Waals surface area contributed by atoms with E-state index in [1.807, 2.05) is 44.2 Å². The van der Waals surface area contributed by atoms with Crippen molar-refractivity contribution in [3.05, 3.63) is 71.7 Å². The topological polar surface area (TPSA) is 67.7 Å². The number of hydrogen-bond acceptors (Lipinski definition) is 3. The Kier molecular flexibility index (Phi) is 4.99. The van der Waals surface area contributed by atoms with Gasteiger partial charge in [0.25, 0.3) is 5.88 Å². The van der Waals surface area contributed by atoms with E-state index in [1.165, 1.54) is 6.07 Å². The van der Waals surface area contributed by atoms with E-state index in [2.05, 4.69) is 10.1 Å². The summed E-state index contributed by atoms with van der Waals surface area (Å²) in [6.45, 7) is 4.09. The summed E-state index contributed by atoms with van der Waals surface area (Å²) in [6.07, 6.45) is 0. The molecule has 27 heavy (non-hydrogen) atoms. The number of halogens is 1. The third-order valence-electron chi connectivity index (χ3n) is 4.61. The number of nitrogens with zero attached hydrogens (tertiary/aromatic N) is 3. The summed E-state index contributed by atoms with van der Waals surface area (Å²) in [6, 6.07) is 16.3. The number of nitrogens with two attached hydrogens (primary N) is 1. The molecule has 0 atom stereocenters. The maximum atomic E-state index is 14.0. The van der Waals surface area contributed by atoms with E-state index in [-0.39, 0.29) is 5.82 Å². The fourth-order valence-electron chi connectivity index (χ4n) is 2.74. The molecule has 0 aliphatic heterocycles. The Morgan fingerprint density at radius 3 is 2.41 bits per heavy atom. The Bertz CT molecular complexity index is 958. The molecule has 0 unspecified atom stereocenters. The molecule has 0 spiro atoms. The van der Waals surface area contributed by atoms with Gasteiger partial charge in [0.15, 0.2) is 5.96 Å². The third-order valence-corrected chi connectivity index (χ3v) is 4.61. The molecule has 0 saturated heterocycles. The maximum absolute atomic E-state index is 14.0. The molecule has 2 aromatic carbocycles. The third kappa shape index (κ3) is 3.84. The SMILES string of the molecule is CN(C)C(N)=Nc1cc(C(C)(C)c2ccc(-c3ccccc3F)cc2)no1. The number of benzene rings is 2. The molecule has 0 aliphatic rings. The van der Waals surface area contributed by atoms with Crippen LogP contribution in [0.5, 0.6) is 0 Å². The first-order valence-electron chi connectivity index (χ1n) is 8.63. The van der Waals surface area contributed by atoms with Gasteiger partial charge in [-0.1, -0.05) is 61.5 Å². The van der Waals surface area contributed by atoms with Crippen molar-refractivity contribution in [2.24, 2.45) is 10.7 Å². The summed E-state index contributed by atoms with van der Waals surface area (Å²) < 4.78 is 19.3. The van der Waals surface area contributed by atoms with E-state index in [4.69, 9.17) is 10.3 Å². The van der Waals surface area contributed by atoms with E-state index in [0.717, 1.165) is 16.8 Å². The molecule has 140 valence electrons. The smallest absolute Gasteiger partial charge is 0.253 e. The molecule has 5 nitrogen and oxygen atoms in total. The number of hydrogen-bond donors (Lipinski definition) is 1. The largest absolute Gasteiger partial charge is 0.369 e. The first kappa shape index (κ1) is 18.6. The van der Waals surface area contributed by atoms with Gasteiger partial charge in [-0.05, 0) is 17.2 Å². The molecule has 0 bridgehead atoms. The van der Waals surface area contributed by atoms with Crippen molar-refractivity contribution < 1.29 is 8.91 Å². The molecule has 0 aliphatic carbocycles. The summed E-state index contributed by atoms with van der Waals surface area (Å²) in [5.41, 5.74) is 8.60. The van der Waals surface area contributed by atoms with Crippen molar-refractivity contribution in [3.8, 4) is 11.1 Å². The second kappa shape index (κ2) is 7.23. The lowest BCUT2D eigenvalue weighted by Gasteiger charge is -2.22. The monoisotopic (exact) mass is 366 g/mol. The van der Waals surface area contributed by atoms with Crippen LogP contribution in [-0.4, -0.2) is 30.1 Å². The van der Waals surface area contributed by atoms with Gasteiger partial charge in [-0.15, -0.1) is 0 Å².